The summed E-state index contributed by atoms with van der Waals surface area (Å²) >= 11 is 0. The van der Waals surface area contributed by atoms with E-state index >= 15 is 0 Å². The van der Waals surface area contributed by atoms with Gasteiger partial charge in [-0.05, 0) is 25.3 Å². The SMILES string of the molecule is CCc1nnc(NC(=O)[C@@H]2CNC[C@H]2C)nc1CC. The Labute approximate surface area is 113 Å². The van der Waals surface area contributed by atoms with E-state index in [1.165, 1.54) is 0 Å². The van der Waals surface area contributed by atoms with Crippen molar-refractivity contribution in [3.63, 3.8) is 0 Å². The molecule has 1 fully saturated rings. The third-order valence-electron chi connectivity index (χ3n) is 3.60. The van der Waals surface area contributed by atoms with Crippen LogP contribution in [0.4, 0.5) is 5.95 Å². The molecule has 0 saturated carbocycles. The van der Waals surface area contributed by atoms with Crippen molar-refractivity contribution in [3.05, 3.63) is 11.4 Å². The van der Waals surface area contributed by atoms with Gasteiger partial charge in [-0.3, -0.25) is 10.1 Å². The molecule has 2 N–H and O–H groups in total. The zero-order valence-corrected chi connectivity index (χ0v) is 11.7. The second kappa shape index (κ2) is 6.06. The molecule has 6 heteroatoms. The van der Waals surface area contributed by atoms with Gasteiger partial charge in [-0.1, -0.05) is 20.8 Å². The van der Waals surface area contributed by atoms with Gasteiger partial charge in [0.2, 0.25) is 11.9 Å². The Hall–Kier alpha value is -1.56. The van der Waals surface area contributed by atoms with Crippen LogP contribution in [0, 0.1) is 11.8 Å². The highest BCUT2D eigenvalue weighted by molar-refractivity contribution is 5.91. The molecular formula is C13H21N5O. The molecule has 0 radical (unpaired) electrons. The van der Waals surface area contributed by atoms with E-state index in [1.807, 2.05) is 13.8 Å². The molecule has 0 bridgehead atoms. The molecule has 104 valence electrons. The molecule has 6 nitrogen and oxygen atoms in total. The van der Waals surface area contributed by atoms with Crippen LogP contribution in [-0.2, 0) is 17.6 Å². The summed E-state index contributed by atoms with van der Waals surface area (Å²) in [4.78, 5) is 16.5. The Morgan fingerprint density at radius 1 is 1.26 bits per heavy atom. The van der Waals surface area contributed by atoms with Crippen LogP contribution in [0.15, 0.2) is 0 Å². The molecule has 2 rings (SSSR count). The summed E-state index contributed by atoms with van der Waals surface area (Å²) in [6.07, 6.45) is 1.60. The van der Waals surface area contributed by atoms with E-state index in [4.69, 9.17) is 0 Å². The number of carbonyl (C=O) groups is 1. The molecule has 0 spiro atoms. The first-order chi connectivity index (χ1) is 9.15. The lowest BCUT2D eigenvalue weighted by molar-refractivity contribution is -0.120. The van der Waals surface area contributed by atoms with E-state index in [2.05, 4.69) is 32.7 Å². The maximum atomic E-state index is 12.1. The fourth-order valence-electron chi connectivity index (χ4n) is 2.35. The van der Waals surface area contributed by atoms with Crippen LogP contribution < -0.4 is 10.6 Å². The van der Waals surface area contributed by atoms with Crippen molar-refractivity contribution in [3.8, 4) is 0 Å². The molecule has 0 aliphatic carbocycles. The Balaban J connectivity index is 2.08. The average molecular weight is 263 g/mol. The molecule has 1 aromatic heterocycles. The number of carbonyl (C=O) groups excluding carboxylic acids is 1. The molecule has 19 heavy (non-hydrogen) atoms. The van der Waals surface area contributed by atoms with Crippen molar-refractivity contribution in [1.29, 1.82) is 0 Å². The molecule has 1 amide bonds. The first-order valence-corrected chi connectivity index (χ1v) is 6.89. The van der Waals surface area contributed by atoms with Gasteiger partial charge in [0.25, 0.3) is 0 Å². The quantitative estimate of drug-likeness (QED) is 0.839. The van der Waals surface area contributed by atoms with Crippen molar-refractivity contribution >= 4 is 11.9 Å². The van der Waals surface area contributed by atoms with Crippen LogP contribution in [0.2, 0.25) is 0 Å². The minimum Gasteiger partial charge on any atom is -0.316 e. The van der Waals surface area contributed by atoms with E-state index in [0.29, 0.717) is 18.4 Å². The monoisotopic (exact) mass is 263 g/mol. The lowest BCUT2D eigenvalue weighted by Crippen LogP contribution is -2.29. The molecule has 2 heterocycles. The molecule has 1 saturated heterocycles. The normalized spacial score (nSPS) is 22.5. The Morgan fingerprint density at radius 2 is 2.00 bits per heavy atom. The van der Waals surface area contributed by atoms with Crippen molar-refractivity contribution in [2.45, 2.75) is 33.6 Å². The summed E-state index contributed by atoms with van der Waals surface area (Å²) in [6.45, 7) is 7.72. The summed E-state index contributed by atoms with van der Waals surface area (Å²) in [7, 11) is 0. The molecule has 1 aromatic rings. The van der Waals surface area contributed by atoms with Crippen molar-refractivity contribution in [1.82, 2.24) is 20.5 Å². The topological polar surface area (TPSA) is 79.8 Å². The third-order valence-corrected chi connectivity index (χ3v) is 3.60. The lowest BCUT2D eigenvalue weighted by Gasteiger charge is -2.13. The summed E-state index contributed by atoms with van der Waals surface area (Å²) in [5.74, 6) is 0.622. The van der Waals surface area contributed by atoms with Crippen LogP contribution in [0.25, 0.3) is 0 Å². The van der Waals surface area contributed by atoms with Crippen LogP contribution in [0.5, 0.6) is 0 Å². The molecule has 1 aliphatic heterocycles. The molecule has 0 aromatic carbocycles. The van der Waals surface area contributed by atoms with Gasteiger partial charge in [0, 0.05) is 6.54 Å². The minimum atomic E-state index is -0.0226. The fraction of sp³-hybridized carbons (Fsp3) is 0.692. The van der Waals surface area contributed by atoms with E-state index in [0.717, 1.165) is 30.8 Å². The second-order valence-electron chi connectivity index (χ2n) is 4.97. The summed E-state index contributed by atoms with van der Waals surface area (Å²) in [5, 5.41) is 14.1. The lowest BCUT2D eigenvalue weighted by atomic mass is 9.97. The molecule has 1 aliphatic rings. The highest BCUT2D eigenvalue weighted by atomic mass is 16.2. The largest absolute Gasteiger partial charge is 0.316 e. The van der Waals surface area contributed by atoms with Gasteiger partial charge in [0.15, 0.2) is 0 Å². The number of nitrogens with zero attached hydrogens (tertiary/aromatic N) is 3. The highest BCUT2D eigenvalue weighted by Gasteiger charge is 2.30. The number of anilines is 1. The first-order valence-electron chi connectivity index (χ1n) is 6.89. The third kappa shape index (κ3) is 3.07. The van der Waals surface area contributed by atoms with Crippen LogP contribution in [0.1, 0.15) is 32.2 Å². The number of aryl methyl sites for hydroxylation is 2. The van der Waals surface area contributed by atoms with Crippen LogP contribution in [0.3, 0.4) is 0 Å². The number of nitrogens with one attached hydrogen (secondary N) is 2. The smallest absolute Gasteiger partial charge is 0.249 e. The van der Waals surface area contributed by atoms with Crippen molar-refractivity contribution < 1.29 is 4.79 Å². The van der Waals surface area contributed by atoms with Gasteiger partial charge in [-0.25, -0.2) is 4.98 Å². The Morgan fingerprint density at radius 3 is 2.58 bits per heavy atom. The number of aromatic nitrogens is 3. The Kier molecular flexibility index (Phi) is 4.42. The van der Waals surface area contributed by atoms with Gasteiger partial charge in [-0.15, -0.1) is 10.2 Å². The average Bonchev–Trinajstić information content (AvgIpc) is 2.85. The van der Waals surface area contributed by atoms with Gasteiger partial charge in [0.1, 0.15) is 0 Å². The Bertz CT molecular complexity index is 462. The van der Waals surface area contributed by atoms with Crippen LogP contribution >= 0.6 is 0 Å². The standard InChI is InChI=1S/C13H21N5O/c1-4-10-11(5-2)17-18-13(15-10)16-12(19)9-7-14-6-8(9)3/h8-9,14H,4-7H2,1-3H3,(H,15,16,18,19)/t8-,9-/m1/s1. The zero-order chi connectivity index (χ0) is 13.8. The van der Waals surface area contributed by atoms with Gasteiger partial charge in [0.05, 0.1) is 17.3 Å². The highest BCUT2D eigenvalue weighted by Crippen LogP contribution is 2.17. The van der Waals surface area contributed by atoms with Crippen LogP contribution in [-0.4, -0.2) is 34.2 Å². The van der Waals surface area contributed by atoms with E-state index in [9.17, 15) is 4.79 Å². The predicted octanol–water partition coefficient (Wildman–Crippen LogP) is 0.790. The van der Waals surface area contributed by atoms with Gasteiger partial charge in [-0.2, -0.15) is 0 Å². The number of hydrogen-bond acceptors (Lipinski definition) is 5. The minimum absolute atomic E-state index is 0.0143. The van der Waals surface area contributed by atoms with Gasteiger partial charge < -0.3 is 5.32 Å². The first kappa shape index (κ1) is 13.9. The molecule has 2 atom stereocenters. The maximum Gasteiger partial charge on any atom is 0.249 e. The summed E-state index contributed by atoms with van der Waals surface area (Å²) in [5.41, 5.74) is 1.81. The predicted molar refractivity (Wildman–Crippen MR) is 72.7 cm³/mol. The van der Waals surface area contributed by atoms with E-state index in [-0.39, 0.29) is 11.8 Å². The molecule has 0 unspecified atom stereocenters. The summed E-state index contributed by atoms with van der Waals surface area (Å²) < 4.78 is 0. The van der Waals surface area contributed by atoms with E-state index in [1.54, 1.807) is 0 Å². The van der Waals surface area contributed by atoms with Crippen molar-refractivity contribution in [2.24, 2.45) is 11.8 Å². The fourth-order valence-corrected chi connectivity index (χ4v) is 2.35. The summed E-state index contributed by atoms with van der Waals surface area (Å²) in [6, 6.07) is 0. The van der Waals surface area contributed by atoms with E-state index < -0.39 is 0 Å². The molecular weight excluding hydrogens is 242 g/mol. The number of hydrogen-bond donors (Lipinski definition) is 2. The number of rotatable bonds is 4. The zero-order valence-electron chi connectivity index (χ0n) is 11.7. The second-order valence-corrected chi connectivity index (χ2v) is 4.97. The van der Waals surface area contributed by atoms with Gasteiger partial charge >= 0.3 is 0 Å². The van der Waals surface area contributed by atoms with Crippen molar-refractivity contribution in [2.75, 3.05) is 18.4 Å². The number of amides is 1. The maximum absolute atomic E-state index is 12.1.